The number of nitrogens with one attached hydrogen (secondary N) is 1. The van der Waals surface area contributed by atoms with E-state index in [1.54, 1.807) is 6.20 Å². The number of piperidine rings is 1. The summed E-state index contributed by atoms with van der Waals surface area (Å²) in [5, 5.41) is 7.34. The predicted octanol–water partition coefficient (Wildman–Crippen LogP) is 3.53. The Kier molecular flexibility index (Phi) is 5.59. The van der Waals surface area contributed by atoms with Crippen LogP contribution in [0.4, 0.5) is 5.82 Å². The molecule has 4 rings (SSSR count). The molecule has 1 aliphatic heterocycles. The van der Waals surface area contributed by atoms with Gasteiger partial charge in [-0.1, -0.05) is 18.5 Å². The third-order valence-electron chi connectivity index (χ3n) is 6.02. The lowest BCUT2D eigenvalue weighted by molar-refractivity contribution is -0.125. The molecule has 1 aliphatic carbocycles. The molecule has 28 heavy (non-hydrogen) atoms. The van der Waals surface area contributed by atoms with Gasteiger partial charge in [0, 0.05) is 31.2 Å². The van der Waals surface area contributed by atoms with Crippen LogP contribution < -0.4 is 10.2 Å². The number of amides is 1. The van der Waals surface area contributed by atoms with E-state index in [1.807, 2.05) is 19.1 Å². The summed E-state index contributed by atoms with van der Waals surface area (Å²) in [4.78, 5) is 24.1. The van der Waals surface area contributed by atoms with Crippen molar-refractivity contribution < 1.29 is 9.32 Å². The average Bonchev–Trinajstić information content (AvgIpc) is 3.16. The number of pyridine rings is 1. The summed E-state index contributed by atoms with van der Waals surface area (Å²) in [6, 6.07) is 4.09. The summed E-state index contributed by atoms with van der Waals surface area (Å²) in [5.41, 5.74) is 0.875. The molecule has 2 aromatic heterocycles. The van der Waals surface area contributed by atoms with Crippen LogP contribution in [0.25, 0.3) is 11.4 Å². The van der Waals surface area contributed by atoms with E-state index in [-0.39, 0.29) is 17.9 Å². The van der Waals surface area contributed by atoms with Crippen molar-refractivity contribution in [2.75, 3.05) is 18.0 Å². The van der Waals surface area contributed by atoms with E-state index in [0.29, 0.717) is 18.3 Å². The standard InChI is InChI=1S/C21H29N5O2/c1-3-14(2)23-20(27)16-9-6-12-26(13-16)19-17(10-5-11-22-19)18-24-21(28-25-18)15-7-4-8-15/h5,10-11,14-16H,3-4,6-9,12-13H2,1-2H3,(H,23,27)/t14-,16+/m1/s1. The van der Waals surface area contributed by atoms with Gasteiger partial charge in [-0.15, -0.1) is 0 Å². The molecule has 0 spiro atoms. The fourth-order valence-electron chi connectivity index (χ4n) is 3.84. The topological polar surface area (TPSA) is 84.2 Å². The molecule has 7 nitrogen and oxygen atoms in total. The van der Waals surface area contributed by atoms with Crippen molar-refractivity contribution in [3.8, 4) is 11.4 Å². The van der Waals surface area contributed by atoms with Gasteiger partial charge in [0.25, 0.3) is 0 Å². The molecule has 2 aliphatic rings. The second-order valence-corrected chi connectivity index (χ2v) is 8.06. The first kappa shape index (κ1) is 18.9. The monoisotopic (exact) mass is 383 g/mol. The van der Waals surface area contributed by atoms with Gasteiger partial charge in [0.15, 0.2) is 0 Å². The van der Waals surface area contributed by atoms with Gasteiger partial charge in [0.2, 0.25) is 17.6 Å². The summed E-state index contributed by atoms with van der Waals surface area (Å²) >= 11 is 0. The molecule has 1 saturated carbocycles. The molecule has 0 radical (unpaired) electrons. The van der Waals surface area contributed by atoms with E-state index in [2.05, 4.69) is 32.3 Å². The molecule has 2 atom stereocenters. The van der Waals surface area contributed by atoms with Crippen LogP contribution in [0.1, 0.15) is 64.2 Å². The second kappa shape index (κ2) is 8.29. The van der Waals surface area contributed by atoms with Crippen LogP contribution in [0, 0.1) is 5.92 Å². The Bertz CT molecular complexity index is 817. The quantitative estimate of drug-likeness (QED) is 0.821. The predicted molar refractivity (Wildman–Crippen MR) is 107 cm³/mol. The highest BCUT2D eigenvalue weighted by molar-refractivity contribution is 5.80. The Morgan fingerprint density at radius 3 is 2.96 bits per heavy atom. The largest absolute Gasteiger partial charge is 0.355 e. The zero-order chi connectivity index (χ0) is 19.5. The zero-order valence-corrected chi connectivity index (χ0v) is 16.7. The number of nitrogens with zero attached hydrogens (tertiary/aromatic N) is 4. The van der Waals surface area contributed by atoms with Crippen molar-refractivity contribution in [1.82, 2.24) is 20.4 Å². The number of rotatable bonds is 6. The SMILES string of the molecule is CC[C@@H](C)NC(=O)[C@H]1CCCN(c2ncccc2-c2noc(C3CCC3)n2)C1. The van der Waals surface area contributed by atoms with Gasteiger partial charge in [-0.05, 0) is 51.2 Å². The molecule has 0 aromatic carbocycles. The van der Waals surface area contributed by atoms with Crippen LogP contribution >= 0.6 is 0 Å². The zero-order valence-electron chi connectivity index (χ0n) is 16.7. The first-order valence-corrected chi connectivity index (χ1v) is 10.5. The molecule has 2 fully saturated rings. The molecule has 3 heterocycles. The third kappa shape index (κ3) is 3.88. The highest BCUT2D eigenvalue weighted by Crippen LogP contribution is 2.37. The van der Waals surface area contributed by atoms with Crippen molar-refractivity contribution >= 4 is 11.7 Å². The Morgan fingerprint density at radius 2 is 2.21 bits per heavy atom. The lowest BCUT2D eigenvalue weighted by atomic mass is 9.85. The average molecular weight is 383 g/mol. The lowest BCUT2D eigenvalue weighted by Crippen LogP contribution is -2.45. The van der Waals surface area contributed by atoms with E-state index in [1.165, 1.54) is 6.42 Å². The first-order chi connectivity index (χ1) is 13.7. The fourth-order valence-corrected chi connectivity index (χ4v) is 3.84. The normalized spacial score (nSPS) is 21.2. The molecule has 7 heteroatoms. The number of hydrogen-bond acceptors (Lipinski definition) is 6. The Hall–Kier alpha value is -2.44. The fraction of sp³-hybridized carbons (Fsp3) is 0.619. The van der Waals surface area contributed by atoms with Crippen molar-refractivity contribution in [2.45, 2.75) is 64.3 Å². The van der Waals surface area contributed by atoms with Crippen molar-refractivity contribution in [3.05, 3.63) is 24.2 Å². The maximum atomic E-state index is 12.6. The second-order valence-electron chi connectivity index (χ2n) is 8.06. The van der Waals surface area contributed by atoms with Gasteiger partial charge in [0.1, 0.15) is 5.82 Å². The maximum absolute atomic E-state index is 12.6. The maximum Gasteiger partial charge on any atom is 0.230 e. The summed E-state index contributed by atoms with van der Waals surface area (Å²) in [6.07, 6.45) is 8.08. The minimum absolute atomic E-state index is 0.0200. The van der Waals surface area contributed by atoms with Crippen molar-refractivity contribution in [1.29, 1.82) is 0 Å². The van der Waals surface area contributed by atoms with Gasteiger partial charge in [-0.3, -0.25) is 4.79 Å². The molecule has 1 N–H and O–H groups in total. The van der Waals surface area contributed by atoms with E-state index in [0.717, 1.165) is 55.9 Å². The van der Waals surface area contributed by atoms with Gasteiger partial charge < -0.3 is 14.7 Å². The number of hydrogen-bond donors (Lipinski definition) is 1. The van der Waals surface area contributed by atoms with Gasteiger partial charge in [-0.2, -0.15) is 4.98 Å². The van der Waals surface area contributed by atoms with Crippen LogP contribution in [0.5, 0.6) is 0 Å². The van der Waals surface area contributed by atoms with E-state index >= 15 is 0 Å². The van der Waals surface area contributed by atoms with E-state index < -0.39 is 0 Å². The van der Waals surface area contributed by atoms with Crippen molar-refractivity contribution in [3.63, 3.8) is 0 Å². The minimum Gasteiger partial charge on any atom is -0.355 e. The summed E-state index contributed by atoms with van der Waals surface area (Å²) < 4.78 is 5.51. The third-order valence-corrected chi connectivity index (χ3v) is 6.02. The number of carbonyl (C=O) groups is 1. The molecule has 150 valence electrons. The highest BCUT2D eigenvalue weighted by Gasteiger charge is 2.30. The highest BCUT2D eigenvalue weighted by atomic mass is 16.5. The van der Waals surface area contributed by atoms with Crippen LogP contribution in [0.2, 0.25) is 0 Å². The first-order valence-electron chi connectivity index (χ1n) is 10.5. The number of anilines is 1. The van der Waals surface area contributed by atoms with Crippen LogP contribution in [-0.2, 0) is 4.79 Å². The van der Waals surface area contributed by atoms with Gasteiger partial charge in [0.05, 0.1) is 11.5 Å². The molecule has 0 bridgehead atoms. The van der Waals surface area contributed by atoms with Crippen LogP contribution in [-0.4, -0.2) is 40.2 Å². The van der Waals surface area contributed by atoms with Crippen LogP contribution in [0.3, 0.4) is 0 Å². The molecular formula is C21H29N5O2. The van der Waals surface area contributed by atoms with Crippen LogP contribution in [0.15, 0.2) is 22.9 Å². The van der Waals surface area contributed by atoms with Crippen molar-refractivity contribution in [2.24, 2.45) is 5.92 Å². The minimum atomic E-state index is -0.0200. The van der Waals surface area contributed by atoms with E-state index in [9.17, 15) is 4.79 Å². The number of carbonyl (C=O) groups excluding carboxylic acids is 1. The summed E-state index contributed by atoms with van der Waals surface area (Å²) in [5.74, 6) is 2.70. The van der Waals surface area contributed by atoms with E-state index in [4.69, 9.17) is 4.52 Å². The Balaban J connectivity index is 1.52. The smallest absolute Gasteiger partial charge is 0.230 e. The Labute approximate surface area is 165 Å². The molecule has 2 aromatic rings. The molecule has 1 amide bonds. The summed E-state index contributed by atoms with van der Waals surface area (Å²) in [7, 11) is 0. The van der Waals surface area contributed by atoms with Gasteiger partial charge in [-0.25, -0.2) is 4.98 Å². The Morgan fingerprint density at radius 1 is 1.36 bits per heavy atom. The number of aromatic nitrogens is 3. The molecular weight excluding hydrogens is 354 g/mol. The molecule has 0 unspecified atom stereocenters. The summed E-state index contributed by atoms with van der Waals surface area (Å²) in [6.45, 7) is 5.68. The van der Waals surface area contributed by atoms with Gasteiger partial charge >= 0.3 is 0 Å². The molecule has 1 saturated heterocycles. The lowest BCUT2D eigenvalue weighted by Gasteiger charge is -2.34.